The highest BCUT2D eigenvalue weighted by Crippen LogP contribution is 2.14. The van der Waals surface area contributed by atoms with Crippen molar-refractivity contribution in [1.82, 2.24) is 4.98 Å². The van der Waals surface area contributed by atoms with Crippen LogP contribution in [-0.2, 0) is 27.8 Å². The molecule has 0 bridgehead atoms. The number of carbonyl (C=O) groups is 1. The van der Waals surface area contributed by atoms with Crippen molar-refractivity contribution in [3.8, 4) is 0 Å². The van der Waals surface area contributed by atoms with Crippen LogP contribution in [0.1, 0.15) is 16.8 Å². The summed E-state index contributed by atoms with van der Waals surface area (Å²) in [5, 5.41) is 8.70. The summed E-state index contributed by atoms with van der Waals surface area (Å²) < 4.78 is 12.3. The Morgan fingerprint density at radius 3 is 2.55 bits per heavy atom. The number of pyridine rings is 1. The van der Waals surface area contributed by atoms with E-state index in [0.717, 1.165) is 11.3 Å². The molecular weight excluding hydrogens is 274 g/mol. The van der Waals surface area contributed by atoms with E-state index in [1.807, 2.05) is 19.1 Å². The smallest absolute Gasteiger partial charge is 0.307 e. The van der Waals surface area contributed by atoms with Gasteiger partial charge < -0.3 is 5.11 Å². The van der Waals surface area contributed by atoms with Gasteiger partial charge in [0, 0.05) is 11.1 Å². The molecule has 0 aliphatic carbocycles. The second-order valence-corrected chi connectivity index (χ2v) is 5.92. The van der Waals surface area contributed by atoms with Gasteiger partial charge in [-0.3, -0.25) is 14.0 Å². The molecular formula is C15H15NO3S. The molecule has 20 heavy (non-hydrogen) atoms. The number of aryl methyl sites for hydroxylation is 1. The fourth-order valence-corrected chi connectivity index (χ4v) is 2.97. The maximum atomic E-state index is 12.3. The largest absolute Gasteiger partial charge is 0.481 e. The van der Waals surface area contributed by atoms with Crippen molar-refractivity contribution in [2.75, 3.05) is 0 Å². The molecule has 104 valence electrons. The minimum absolute atomic E-state index is 0.0216. The third-order valence-electron chi connectivity index (χ3n) is 2.93. The van der Waals surface area contributed by atoms with Gasteiger partial charge in [-0.05, 0) is 36.2 Å². The van der Waals surface area contributed by atoms with E-state index in [2.05, 4.69) is 4.98 Å². The lowest BCUT2D eigenvalue weighted by atomic mass is 10.2. The van der Waals surface area contributed by atoms with Crippen molar-refractivity contribution in [2.45, 2.75) is 24.0 Å². The van der Waals surface area contributed by atoms with E-state index in [4.69, 9.17) is 5.11 Å². The van der Waals surface area contributed by atoms with Crippen LogP contribution in [0.5, 0.6) is 0 Å². The molecule has 2 rings (SSSR count). The molecule has 2 aromatic rings. The van der Waals surface area contributed by atoms with E-state index in [-0.39, 0.29) is 6.42 Å². The monoisotopic (exact) mass is 289 g/mol. The lowest BCUT2D eigenvalue weighted by molar-refractivity contribution is -0.136. The first-order valence-corrected chi connectivity index (χ1v) is 7.48. The summed E-state index contributed by atoms with van der Waals surface area (Å²) in [7, 11) is -1.18. The first kappa shape index (κ1) is 14.4. The van der Waals surface area contributed by atoms with Crippen molar-refractivity contribution in [3.05, 3.63) is 59.4 Å². The summed E-state index contributed by atoms with van der Waals surface area (Å²) in [6.45, 7) is 1.94. The Morgan fingerprint density at radius 1 is 1.25 bits per heavy atom. The van der Waals surface area contributed by atoms with Gasteiger partial charge in [-0.2, -0.15) is 0 Å². The van der Waals surface area contributed by atoms with Crippen molar-refractivity contribution in [2.24, 2.45) is 0 Å². The molecule has 1 aromatic heterocycles. The van der Waals surface area contributed by atoms with Gasteiger partial charge in [0.2, 0.25) is 0 Å². The molecule has 0 fully saturated rings. The topological polar surface area (TPSA) is 67.3 Å². The number of aliphatic carboxylic acids is 1. The van der Waals surface area contributed by atoms with Crippen LogP contribution in [0, 0.1) is 6.92 Å². The second-order valence-electron chi connectivity index (χ2n) is 4.47. The highest BCUT2D eigenvalue weighted by molar-refractivity contribution is 7.84. The van der Waals surface area contributed by atoms with Crippen molar-refractivity contribution in [3.63, 3.8) is 0 Å². The molecule has 0 saturated heterocycles. The molecule has 1 unspecified atom stereocenters. The maximum Gasteiger partial charge on any atom is 0.307 e. The summed E-state index contributed by atoms with van der Waals surface area (Å²) in [6, 6.07) is 10.6. The summed E-state index contributed by atoms with van der Waals surface area (Å²) in [5.41, 5.74) is 2.54. The number of aromatic nitrogens is 1. The van der Waals surface area contributed by atoms with Gasteiger partial charge in [0.25, 0.3) is 0 Å². The SMILES string of the molecule is Cc1cccnc1CS(=O)c1ccc(CC(=O)O)cc1. The van der Waals surface area contributed by atoms with E-state index in [0.29, 0.717) is 16.2 Å². The molecule has 1 atom stereocenters. The van der Waals surface area contributed by atoms with Gasteiger partial charge in [-0.25, -0.2) is 0 Å². The Kier molecular flexibility index (Phi) is 4.63. The Morgan fingerprint density at radius 2 is 1.95 bits per heavy atom. The lowest BCUT2D eigenvalue weighted by Gasteiger charge is -2.05. The zero-order valence-electron chi connectivity index (χ0n) is 11.1. The molecule has 1 heterocycles. The van der Waals surface area contributed by atoms with E-state index in [9.17, 15) is 9.00 Å². The average molecular weight is 289 g/mol. The average Bonchev–Trinajstić information content (AvgIpc) is 2.41. The van der Waals surface area contributed by atoms with Crippen LogP contribution in [0.4, 0.5) is 0 Å². The van der Waals surface area contributed by atoms with E-state index in [1.54, 1.807) is 30.5 Å². The van der Waals surface area contributed by atoms with Gasteiger partial charge in [0.15, 0.2) is 0 Å². The van der Waals surface area contributed by atoms with Crippen molar-refractivity contribution < 1.29 is 14.1 Å². The fourth-order valence-electron chi connectivity index (χ4n) is 1.81. The molecule has 1 N–H and O–H groups in total. The third kappa shape index (κ3) is 3.74. The predicted octanol–water partition coefficient (Wildman–Crippen LogP) is 2.32. The molecule has 0 aliphatic rings. The molecule has 1 aromatic carbocycles. The molecule has 0 radical (unpaired) electrons. The van der Waals surface area contributed by atoms with Crippen LogP contribution in [0.2, 0.25) is 0 Å². The van der Waals surface area contributed by atoms with Crippen LogP contribution in [0.3, 0.4) is 0 Å². The van der Waals surface area contributed by atoms with Crippen molar-refractivity contribution >= 4 is 16.8 Å². The molecule has 4 nitrogen and oxygen atoms in total. The van der Waals surface area contributed by atoms with Crippen molar-refractivity contribution in [1.29, 1.82) is 0 Å². The Bertz CT molecular complexity index is 638. The zero-order valence-corrected chi connectivity index (χ0v) is 11.9. The Balaban J connectivity index is 2.10. The number of hydrogen-bond donors (Lipinski definition) is 1. The number of carboxylic acids is 1. The number of carboxylic acid groups (broad SMARTS) is 1. The van der Waals surface area contributed by atoms with Gasteiger partial charge in [0.05, 0.1) is 28.7 Å². The highest BCUT2D eigenvalue weighted by atomic mass is 32.2. The van der Waals surface area contributed by atoms with Crippen LogP contribution in [-0.4, -0.2) is 20.3 Å². The number of hydrogen-bond acceptors (Lipinski definition) is 3. The quantitative estimate of drug-likeness (QED) is 0.917. The van der Waals surface area contributed by atoms with Crippen LogP contribution in [0.25, 0.3) is 0 Å². The second kappa shape index (κ2) is 6.43. The Labute approximate surface area is 119 Å². The van der Waals surface area contributed by atoms with E-state index in [1.165, 1.54) is 0 Å². The van der Waals surface area contributed by atoms with E-state index < -0.39 is 16.8 Å². The molecule has 0 spiro atoms. The van der Waals surface area contributed by atoms with Gasteiger partial charge >= 0.3 is 5.97 Å². The van der Waals surface area contributed by atoms with Crippen LogP contribution in [0.15, 0.2) is 47.5 Å². The predicted molar refractivity (Wildman–Crippen MR) is 76.9 cm³/mol. The van der Waals surface area contributed by atoms with Gasteiger partial charge in [-0.15, -0.1) is 0 Å². The summed E-state index contributed by atoms with van der Waals surface area (Å²) >= 11 is 0. The third-order valence-corrected chi connectivity index (χ3v) is 4.26. The summed E-state index contributed by atoms with van der Waals surface area (Å²) in [4.78, 5) is 15.5. The molecule has 5 heteroatoms. The van der Waals surface area contributed by atoms with Crippen LogP contribution >= 0.6 is 0 Å². The molecule has 0 aliphatic heterocycles. The van der Waals surface area contributed by atoms with Crippen LogP contribution < -0.4 is 0 Å². The fraction of sp³-hybridized carbons (Fsp3) is 0.200. The van der Waals surface area contributed by atoms with Gasteiger partial charge in [-0.1, -0.05) is 18.2 Å². The van der Waals surface area contributed by atoms with E-state index >= 15 is 0 Å². The first-order valence-electron chi connectivity index (χ1n) is 6.16. The first-order chi connectivity index (χ1) is 9.56. The van der Waals surface area contributed by atoms with Gasteiger partial charge in [0.1, 0.15) is 0 Å². The highest BCUT2D eigenvalue weighted by Gasteiger charge is 2.08. The maximum absolute atomic E-state index is 12.3. The zero-order chi connectivity index (χ0) is 14.5. The Hall–Kier alpha value is -2.01. The normalized spacial score (nSPS) is 12.1. The number of nitrogens with zero attached hydrogens (tertiary/aromatic N) is 1. The molecule has 0 saturated carbocycles. The standard InChI is InChI=1S/C15H15NO3S/c1-11-3-2-8-16-14(11)10-20(19)13-6-4-12(5-7-13)9-15(17)18/h2-8H,9-10H2,1H3,(H,17,18). The summed E-state index contributed by atoms with van der Waals surface area (Å²) in [6.07, 6.45) is 1.67. The minimum atomic E-state index is -1.18. The number of benzene rings is 1. The molecule has 0 amide bonds. The lowest BCUT2D eigenvalue weighted by Crippen LogP contribution is -2.02. The summed E-state index contributed by atoms with van der Waals surface area (Å²) in [5.74, 6) is -0.506. The number of rotatable bonds is 5. The minimum Gasteiger partial charge on any atom is -0.481 e.